The highest BCUT2D eigenvalue weighted by Crippen LogP contribution is 2.41. The Morgan fingerprint density at radius 1 is 0.776 bits per heavy atom. The lowest BCUT2D eigenvalue weighted by atomic mass is 9.82. The number of nitrogens with one attached hydrogen (secondary N) is 4. The molecular formula is C53H65F5N10O8. The van der Waals surface area contributed by atoms with Crippen LogP contribution in [0.2, 0.25) is 0 Å². The van der Waals surface area contributed by atoms with Crippen molar-refractivity contribution in [3.8, 4) is 23.0 Å². The van der Waals surface area contributed by atoms with E-state index in [1.807, 2.05) is 17.4 Å². The Morgan fingerprint density at radius 3 is 1.89 bits per heavy atom. The molecule has 0 radical (unpaired) electrons. The highest BCUT2D eigenvalue weighted by Gasteiger charge is 2.56. The van der Waals surface area contributed by atoms with E-state index in [2.05, 4.69) is 47.5 Å². The molecule has 5 heterocycles. The number of anilines is 1. The summed E-state index contributed by atoms with van der Waals surface area (Å²) >= 11 is 0. The van der Waals surface area contributed by atoms with Gasteiger partial charge in [-0.1, -0.05) is 69.0 Å². The lowest BCUT2D eigenvalue weighted by Gasteiger charge is -2.47. The number of methoxy groups -OCH3 is 2. The van der Waals surface area contributed by atoms with Crippen molar-refractivity contribution in [2.24, 2.45) is 10.8 Å². The summed E-state index contributed by atoms with van der Waals surface area (Å²) in [5, 5.41) is 24.2. The summed E-state index contributed by atoms with van der Waals surface area (Å²) < 4.78 is 85.6. The number of hydrogen-bond acceptors (Lipinski definition) is 13. The first kappa shape index (κ1) is 56.8. The summed E-state index contributed by atoms with van der Waals surface area (Å²) in [6.45, 7) is 6.47. The van der Waals surface area contributed by atoms with E-state index in [0.29, 0.717) is 56.2 Å². The van der Waals surface area contributed by atoms with E-state index in [4.69, 9.17) is 14.5 Å². The summed E-state index contributed by atoms with van der Waals surface area (Å²) in [7, 11) is 2.06. The second-order valence-corrected chi connectivity index (χ2v) is 20.9. The van der Waals surface area contributed by atoms with Gasteiger partial charge in [0.25, 0.3) is 5.91 Å². The van der Waals surface area contributed by atoms with Gasteiger partial charge in [0, 0.05) is 67.3 Å². The molecule has 3 saturated heterocycles. The molecule has 2 aromatic heterocycles. The Kier molecular flexibility index (Phi) is 17.9. The first-order valence-corrected chi connectivity index (χ1v) is 24.8. The molecule has 3 aliphatic heterocycles. The van der Waals surface area contributed by atoms with Crippen molar-refractivity contribution >= 4 is 29.8 Å². The van der Waals surface area contributed by atoms with Gasteiger partial charge in [0.05, 0.1) is 57.2 Å². The summed E-state index contributed by atoms with van der Waals surface area (Å²) in [6, 6.07) is 13.8. The normalized spacial score (nSPS) is 18.6. The fourth-order valence-corrected chi connectivity index (χ4v) is 9.54. The number of amides is 4. The van der Waals surface area contributed by atoms with E-state index in [9.17, 15) is 46.2 Å². The van der Waals surface area contributed by atoms with Crippen LogP contribution in [-0.4, -0.2) is 149 Å². The van der Waals surface area contributed by atoms with Crippen LogP contribution in [0.15, 0.2) is 79.3 Å². The quantitative estimate of drug-likeness (QED) is 0.0455. The molecular weight excluding hydrogens is 1000 g/mol. The number of ether oxygens (including phenoxy) is 3. The monoisotopic (exact) mass is 1060 g/mol. The highest BCUT2D eigenvalue weighted by atomic mass is 19.4. The van der Waals surface area contributed by atoms with Crippen LogP contribution in [0.3, 0.4) is 0 Å². The first-order valence-electron chi connectivity index (χ1n) is 24.8. The molecule has 0 aliphatic carbocycles. The predicted octanol–water partition coefficient (Wildman–Crippen LogP) is 5.80. The van der Waals surface area contributed by atoms with Crippen LogP contribution in [0.5, 0.6) is 0 Å². The molecule has 3 aliphatic rings. The van der Waals surface area contributed by atoms with Gasteiger partial charge in [0.2, 0.25) is 5.91 Å². The molecule has 6 atom stereocenters. The number of carbonyl (C=O) groups is 4. The Bertz CT molecular complexity index is 2690. The van der Waals surface area contributed by atoms with Crippen molar-refractivity contribution in [2.45, 2.75) is 116 Å². The number of benzene rings is 2. The molecule has 4 aromatic rings. The number of rotatable bonds is 18. The van der Waals surface area contributed by atoms with Crippen molar-refractivity contribution in [1.29, 1.82) is 0 Å². The van der Waals surface area contributed by atoms with Gasteiger partial charge in [0.1, 0.15) is 17.9 Å². The molecule has 0 saturated carbocycles. The van der Waals surface area contributed by atoms with Crippen molar-refractivity contribution < 1.29 is 60.4 Å². The van der Waals surface area contributed by atoms with E-state index in [1.54, 1.807) is 75.5 Å². The summed E-state index contributed by atoms with van der Waals surface area (Å²) in [5.41, 5.74) is 2.28. The molecule has 7 rings (SSSR count). The topological polar surface area (TPSA) is 205 Å². The lowest BCUT2D eigenvalue weighted by molar-refractivity contribution is -0.220. The largest absolute Gasteiger partial charge is 0.453 e. The second-order valence-electron chi connectivity index (χ2n) is 20.9. The first-order chi connectivity index (χ1) is 35.9. The molecule has 0 spiro atoms. The minimum atomic E-state index is -5.01. The lowest BCUT2D eigenvalue weighted by Crippen LogP contribution is -2.63. The molecule has 4 amide bonds. The zero-order chi connectivity index (χ0) is 55.1. The minimum Gasteiger partial charge on any atom is -0.453 e. The predicted molar refractivity (Wildman–Crippen MR) is 269 cm³/mol. The number of piperazine rings is 1. The van der Waals surface area contributed by atoms with E-state index < -0.39 is 78.3 Å². The SMILES string of the molecule is COC(=O)N[C@H](C(=O)NN(Cc1ccc(-c2cnn(C(F)F)c2)cc1)C[C@H](O)[C@H](Cc1ccc(C#Cc2ccc(N3CC4CCC(C3)N4C3COC3)nc2)cc1)NC(=O)[C@@H](NC(=O)OC)C(C)(C)C(F)(F)F)C(C)(C)C. The third kappa shape index (κ3) is 13.9. The standard InChI is InChI=1S/C53H65F5N10O8/c1-51(2,3)44(62-49(72)74-6)47(71)64-66(25-35-14-17-36(18-15-35)37-24-60-67(26-37)48(54)55)29-42(69)41(61-46(70)45(63-50(73)75-7)52(4,5)53(56,57)58)22-33-11-8-32(9-12-33)10-13-34-16-21-43(59-23-34)65-27-38-19-20-39(28-65)68(38)40-30-76-31-40/h8-9,11-12,14-18,21,23-24,26,38-42,44-45,48,69H,19-20,22,25,27-31H2,1-7H3,(H,61,70)(H,62,72)(H,63,73)(H,64,71)/t38?,39?,41-,42-,44+,45+/m0/s1. The van der Waals surface area contributed by atoms with Crippen LogP contribution in [0.25, 0.3) is 11.1 Å². The van der Waals surface area contributed by atoms with Gasteiger partial charge < -0.3 is 40.2 Å². The number of alkyl halides is 5. The van der Waals surface area contributed by atoms with Gasteiger partial charge >= 0.3 is 24.9 Å². The Labute approximate surface area is 438 Å². The average molecular weight is 1070 g/mol. The number of pyridine rings is 1. The van der Waals surface area contributed by atoms with Crippen molar-refractivity contribution in [3.63, 3.8) is 0 Å². The van der Waals surface area contributed by atoms with Gasteiger partial charge in [-0.3, -0.25) is 19.9 Å². The fourth-order valence-electron chi connectivity index (χ4n) is 9.54. The molecule has 76 heavy (non-hydrogen) atoms. The fraction of sp³-hybridized carbons (Fsp3) is 0.509. The molecule has 5 N–H and O–H groups in total. The van der Waals surface area contributed by atoms with Crippen molar-refractivity contribution in [2.75, 3.05) is 52.0 Å². The number of hydrogen-bond donors (Lipinski definition) is 5. The molecule has 2 bridgehead atoms. The Balaban J connectivity index is 1.13. The molecule has 410 valence electrons. The maximum absolute atomic E-state index is 14.6. The summed E-state index contributed by atoms with van der Waals surface area (Å²) in [5.74, 6) is 5.12. The number of halogens is 5. The number of carbonyl (C=O) groups excluding carboxylic acids is 4. The molecule has 23 heteroatoms. The maximum atomic E-state index is 14.6. The van der Waals surface area contributed by atoms with Crippen LogP contribution in [0.4, 0.5) is 37.4 Å². The smallest absolute Gasteiger partial charge is 0.407 e. The number of aromatic nitrogens is 3. The van der Waals surface area contributed by atoms with Gasteiger partial charge in [0.15, 0.2) is 0 Å². The van der Waals surface area contributed by atoms with Gasteiger partial charge in [-0.2, -0.15) is 27.1 Å². The van der Waals surface area contributed by atoms with Crippen molar-refractivity contribution in [3.05, 3.63) is 102 Å². The van der Waals surface area contributed by atoms with E-state index in [-0.39, 0.29) is 13.0 Å². The van der Waals surface area contributed by atoms with Crippen LogP contribution in [-0.2, 0) is 36.8 Å². The van der Waals surface area contributed by atoms with E-state index in [0.717, 1.165) is 73.0 Å². The highest BCUT2D eigenvalue weighted by molar-refractivity contribution is 5.87. The van der Waals surface area contributed by atoms with Crippen molar-refractivity contribution in [1.82, 2.24) is 46.0 Å². The minimum absolute atomic E-state index is 0.136. The third-order valence-electron chi connectivity index (χ3n) is 14.1. The van der Waals surface area contributed by atoms with Crippen LogP contribution in [0.1, 0.15) is 76.3 Å². The summed E-state index contributed by atoms with van der Waals surface area (Å²) in [4.78, 5) is 62.7. The number of aliphatic hydroxyl groups is 1. The number of hydrazine groups is 1. The number of nitrogens with zero attached hydrogens (tertiary/aromatic N) is 6. The maximum Gasteiger partial charge on any atom is 0.407 e. The zero-order valence-electron chi connectivity index (χ0n) is 43.4. The average Bonchev–Trinajstić information content (AvgIpc) is 3.98. The van der Waals surface area contributed by atoms with Gasteiger partial charge in [-0.15, -0.1) is 0 Å². The Hall–Kier alpha value is -6.87. The number of aliphatic hydroxyl groups excluding tert-OH is 1. The van der Waals surface area contributed by atoms with Gasteiger partial charge in [-0.05, 0) is 79.5 Å². The molecule has 18 nitrogen and oxygen atoms in total. The van der Waals surface area contributed by atoms with Gasteiger partial charge in [-0.25, -0.2) is 24.3 Å². The second kappa shape index (κ2) is 24.0. The zero-order valence-corrected chi connectivity index (χ0v) is 43.4. The van der Waals surface area contributed by atoms with E-state index >= 15 is 0 Å². The molecule has 2 unspecified atom stereocenters. The van der Waals surface area contributed by atoms with Crippen LogP contribution < -0.4 is 26.3 Å². The van der Waals surface area contributed by atoms with Crippen LogP contribution >= 0.6 is 0 Å². The van der Waals surface area contributed by atoms with E-state index in [1.165, 1.54) is 17.4 Å². The Morgan fingerprint density at radius 2 is 1.37 bits per heavy atom. The number of alkyl carbamates (subject to hydrolysis) is 2. The molecule has 3 fully saturated rings. The third-order valence-corrected chi connectivity index (χ3v) is 14.1. The number of fused-ring (bicyclic) bond motifs is 2. The summed E-state index contributed by atoms with van der Waals surface area (Å²) in [6.07, 6.45) is -2.57. The molecule has 2 aromatic carbocycles. The van der Waals surface area contributed by atoms with Crippen LogP contribution in [0, 0.1) is 22.7 Å².